The van der Waals surface area contributed by atoms with Gasteiger partial charge >= 0.3 is 0 Å². The van der Waals surface area contributed by atoms with Crippen molar-refractivity contribution in [1.29, 1.82) is 0 Å². The SMILES string of the molecule is CCCCNCc1cnc(CSCC)s1. The Bertz CT molecular complexity index is 261. The average molecular weight is 244 g/mol. The number of rotatable bonds is 8. The summed E-state index contributed by atoms with van der Waals surface area (Å²) in [7, 11) is 0. The second kappa shape index (κ2) is 8.13. The van der Waals surface area contributed by atoms with Crippen molar-refractivity contribution in [3.05, 3.63) is 16.1 Å². The molecule has 0 saturated heterocycles. The fraction of sp³-hybridized carbons (Fsp3) is 0.727. The van der Waals surface area contributed by atoms with Crippen LogP contribution in [0.3, 0.4) is 0 Å². The van der Waals surface area contributed by atoms with Crippen LogP contribution in [0, 0.1) is 0 Å². The Morgan fingerprint density at radius 3 is 3.07 bits per heavy atom. The molecule has 0 saturated carbocycles. The van der Waals surface area contributed by atoms with Crippen molar-refractivity contribution in [2.45, 2.75) is 39.0 Å². The predicted octanol–water partition coefficient (Wildman–Crippen LogP) is 3.29. The summed E-state index contributed by atoms with van der Waals surface area (Å²) in [6.45, 7) is 6.50. The summed E-state index contributed by atoms with van der Waals surface area (Å²) in [6, 6.07) is 0. The molecule has 0 aliphatic rings. The predicted molar refractivity (Wildman–Crippen MR) is 70.6 cm³/mol. The Hall–Kier alpha value is -0.0600. The second-order valence-corrected chi connectivity index (χ2v) is 5.86. The normalized spacial score (nSPS) is 10.8. The van der Waals surface area contributed by atoms with E-state index >= 15 is 0 Å². The van der Waals surface area contributed by atoms with Gasteiger partial charge in [0.1, 0.15) is 5.01 Å². The molecule has 0 aliphatic heterocycles. The quantitative estimate of drug-likeness (QED) is 0.710. The van der Waals surface area contributed by atoms with Crippen LogP contribution >= 0.6 is 23.1 Å². The number of hydrogen-bond donors (Lipinski definition) is 1. The van der Waals surface area contributed by atoms with Crippen molar-refractivity contribution in [1.82, 2.24) is 10.3 Å². The van der Waals surface area contributed by atoms with Crippen molar-refractivity contribution in [2.24, 2.45) is 0 Å². The summed E-state index contributed by atoms with van der Waals surface area (Å²) < 4.78 is 0. The Labute approximate surface area is 101 Å². The van der Waals surface area contributed by atoms with Gasteiger partial charge in [0.05, 0.1) is 0 Å². The van der Waals surface area contributed by atoms with E-state index in [1.54, 1.807) is 0 Å². The topological polar surface area (TPSA) is 24.9 Å². The van der Waals surface area contributed by atoms with Crippen LogP contribution < -0.4 is 5.32 Å². The minimum Gasteiger partial charge on any atom is -0.312 e. The van der Waals surface area contributed by atoms with Gasteiger partial charge in [-0.05, 0) is 18.7 Å². The van der Waals surface area contributed by atoms with Gasteiger partial charge in [-0.1, -0.05) is 20.3 Å². The molecule has 2 nitrogen and oxygen atoms in total. The fourth-order valence-corrected chi connectivity index (χ4v) is 2.83. The lowest BCUT2D eigenvalue weighted by molar-refractivity contribution is 0.645. The molecule has 0 unspecified atom stereocenters. The number of thioether (sulfide) groups is 1. The molecule has 15 heavy (non-hydrogen) atoms. The third-order valence-electron chi connectivity index (χ3n) is 2.04. The highest BCUT2D eigenvalue weighted by molar-refractivity contribution is 7.98. The molecule has 1 rings (SSSR count). The largest absolute Gasteiger partial charge is 0.312 e. The first-order chi connectivity index (χ1) is 7.36. The molecule has 4 heteroatoms. The number of nitrogens with one attached hydrogen (secondary N) is 1. The van der Waals surface area contributed by atoms with Crippen molar-refractivity contribution in [2.75, 3.05) is 12.3 Å². The minimum atomic E-state index is 0.981. The highest BCUT2D eigenvalue weighted by Gasteiger charge is 2.00. The van der Waals surface area contributed by atoms with E-state index in [-0.39, 0.29) is 0 Å². The van der Waals surface area contributed by atoms with E-state index in [0.717, 1.165) is 18.8 Å². The van der Waals surface area contributed by atoms with Gasteiger partial charge in [0.15, 0.2) is 0 Å². The van der Waals surface area contributed by atoms with Gasteiger partial charge in [0.25, 0.3) is 0 Å². The van der Waals surface area contributed by atoms with E-state index in [4.69, 9.17) is 0 Å². The molecule has 86 valence electrons. The molecule has 0 radical (unpaired) electrons. The molecule has 0 spiro atoms. The molecule has 0 aromatic carbocycles. The number of aromatic nitrogens is 1. The molecule has 1 heterocycles. The van der Waals surface area contributed by atoms with E-state index < -0.39 is 0 Å². The van der Waals surface area contributed by atoms with Crippen LogP contribution in [0.15, 0.2) is 6.20 Å². The van der Waals surface area contributed by atoms with E-state index in [0.29, 0.717) is 0 Å². The summed E-state index contributed by atoms with van der Waals surface area (Å²) in [5, 5.41) is 4.69. The highest BCUT2D eigenvalue weighted by Crippen LogP contribution is 2.18. The van der Waals surface area contributed by atoms with E-state index in [1.807, 2.05) is 29.3 Å². The molecular formula is C11H20N2S2. The van der Waals surface area contributed by atoms with Crippen molar-refractivity contribution < 1.29 is 0 Å². The molecule has 1 aromatic heterocycles. The molecule has 0 amide bonds. The molecule has 0 fully saturated rings. The zero-order valence-electron chi connectivity index (χ0n) is 9.58. The molecule has 1 aromatic rings. The van der Waals surface area contributed by atoms with Gasteiger partial charge in [0.2, 0.25) is 0 Å². The Kier molecular flexibility index (Phi) is 7.05. The number of hydrogen-bond acceptors (Lipinski definition) is 4. The molecule has 0 aliphatic carbocycles. The van der Waals surface area contributed by atoms with Crippen LogP contribution in [0.2, 0.25) is 0 Å². The Morgan fingerprint density at radius 1 is 1.47 bits per heavy atom. The van der Waals surface area contributed by atoms with Crippen LogP contribution in [0.5, 0.6) is 0 Å². The smallest absolute Gasteiger partial charge is 0.103 e. The van der Waals surface area contributed by atoms with E-state index in [9.17, 15) is 0 Å². The van der Waals surface area contributed by atoms with Gasteiger partial charge in [-0.25, -0.2) is 4.98 Å². The number of thiazole rings is 1. The first-order valence-electron chi connectivity index (χ1n) is 5.58. The summed E-state index contributed by atoms with van der Waals surface area (Å²) in [4.78, 5) is 5.77. The molecule has 1 N–H and O–H groups in total. The lowest BCUT2D eigenvalue weighted by atomic mass is 10.3. The average Bonchev–Trinajstić information content (AvgIpc) is 2.69. The van der Waals surface area contributed by atoms with Crippen LogP contribution in [0.1, 0.15) is 36.6 Å². The third-order valence-corrected chi connectivity index (χ3v) is 4.10. The summed E-state index contributed by atoms with van der Waals surface area (Å²) >= 11 is 3.77. The van der Waals surface area contributed by atoms with Crippen LogP contribution in [0.4, 0.5) is 0 Å². The van der Waals surface area contributed by atoms with Gasteiger partial charge in [0, 0.05) is 23.4 Å². The zero-order chi connectivity index (χ0) is 10.9. The first kappa shape index (κ1) is 13.0. The maximum absolute atomic E-state index is 4.41. The van der Waals surface area contributed by atoms with E-state index in [1.165, 1.54) is 28.5 Å². The molecule has 0 atom stereocenters. The number of nitrogens with zero attached hydrogens (tertiary/aromatic N) is 1. The standard InChI is InChI=1S/C11H20N2S2/c1-3-5-6-12-7-10-8-13-11(15-10)9-14-4-2/h8,12H,3-7,9H2,1-2H3. The highest BCUT2D eigenvalue weighted by atomic mass is 32.2. The maximum Gasteiger partial charge on any atom is 0.103 e. The third kappa shape index (κ3) is 5.54. The van der Waals surface area contributed by atoms with Crippen molar-refractivity contribution in [3.63, 3.8) is 0 Å². The van der Waals surface area contributed by atoms with Crippen LogP contribution in [-0.4, -0.2) is 17.3 Å². The van der Waals surface area contributed by atoms with Gasteiger partial charge in [-0.2, -0.15) is 11.8 Å². The molecule has 0 bridgehead atoms. The van der Waals surface area contributed by atoms with Gasteiger partial charge in [-0.3, -0.25) is 0 Å². The van der Waals surface area contributed by atoms with E-state index in [2.05, 4.69) is 24.1 Å². The zero-order valence-corrected chi connectivity index (χ0v) is 11.2. The Balaban J connectivity index is 2.20. The Morgan fingerprint density at radius 2 is 2.33 bits per heavy atom. The van der Waals surface area contributed by atoms with Gasteiger partial charge < -0.3 is 5.32 Å². The lowest BCUT2D eigenvalue weighted by Crippen LogP contribution is -2.13. The van der Waals surface area contributed by atoms with Crippen LogP contribution in [0.25, 0.3) is 0 Å². The van der Waals surface area contributed by atoms with Crippen molar-refractivity contribution in [3.8, 4) is 0 Å². The second-order valence-electron chi connectivity index (χ2n) is 3.39. The summed E-state index contributed by atoms with van der Waals surface area (Å²) in [5.41, 5.74) is 0. The van der Waals surface area contributed by atoms with Crippen LogP contribution in [-0.2, 0) is 12.3 Å². The minimum absolute atomic E-state index is 0.981. The lowest BCUT2D eigenvalue weighted by Gasteiger charge is -1.99. The fourth-order valence-electron chi connectivity index (χ4n) is 1.20. The van der Waals surface area contributed by atoms with Gasteiger partial charge in [-0.15, -0.1) is 11.3 Å². The van der Waals surface area contributed by atoms with Crippen molar-refractivity contribution >= 4 is 23.1 Å². The molecular weight excluding hydrogens is 224 g/mol. The summed E-state index contributed by atoms with van der Waals surface area (Å²) in [6.07, 6.45) is 4.53. The monoisotopic (exact) mass is 244 g/mol. The first-order valence-corrected chi connectivity index (χ1v) is 7.56. The summed E-state index contributed by atoms with van der Waals surface area (Å²) in [5.74, 6) is 2.24. The maximum atomic E-state index is 4.41. The number of unbranched alkanes of at least 4 members (excludes halogenated alkanes) is 1.